The van der Waals surface area contributed by atoms with Crippen LogP contribution < -0.4 is 5.14 Å². The highest BCUT2D eigenvalue weighted by Gasteiger charge is 2.24. The molecule has 0 aliphatic heterocycles. The number of primary sulfonamides is 1. The van der Waals surface area contributed by atoms with Crippen LogP contribution in [0.2, 0.25) is 5.02 Å². The largest absolute Gasteiger partial charge is 0.268 e. The Kier molecular flexibility index (Phi) is 3.03. The molecule has 1 rings (SSSR count). The molecule has 14 heavy (non-hydrogen) atoms. The van der Waals surface area contributed by atoms with Crippen molar-refractivity contribution >= 4 is 21.6 Å². The molecule has 0 atom stereocenters. The molecule has 0 aliphatic carbocycles. The maximum atomic E-state index is 12.4. The number of aromatic nitrogens is 1. The van der Waals surface area contributed by atoms with Gasteiger partial charge in [0.2, 0.25) is 0 Å². The van der Waals surface area contributed by atoms with Gasteiger partial charge in [-0.1, -0.05) is 11.6 Å². The summed E-state index contributed by atoms with van der Waals surface area (Å²) >= 11 is 5.39. The number of nitrogens with zero attached hydrogens (tertiary/aromatic N) is 1. The Morgan fingerprint density at radius 2 is 2.07 bits per heavy atom. The van der Waals surface area contributed by atoms with Gasteiger partial charge in [0, 0.05) is 6.20 Å². The second-order valence-corrected chi connectivity index (χ2v) is 4.24. The van der Waals surface area contributed by atoms with Gasteiger partial charge in [0.25, 0.3) is 16.4 Å². The monoisotopic (exact) mass is 242 g/mol. The first kappa shape index (κ1) is 11.3. The number of alkyl halides is 2. The van der Waals surface area contributed by atoms with E-state index in [0.717, 1.165) is 12.3 Å². The highest BCUT2D eigenvalue weighted by molar-refractivity contribution is 7.89. The quantitative estimate of drug-likeness (QED) is 0.850. The van der Waals surface area contributed by atoms with Crippen LogP contribution >= 0.6 is 11.6 Å². The highest BCUT2D eigenvalue weighted by Crippen LogP contribution is 2.30. The summed E-state index contributed by atoms with van der Waals surface area (Å²) in [6.07, 6.45) is -2.04. The minimum atomic E-state index is -4.28. The van der Waals surface area contributed by atoms with Crippen LogP contribution in [0.5, 0.6) is 0 Å². The molecule has 2 N–H and O–H groups in total. The lowest BCUT2D eigenvalue weighted by atomic mass is 10.3. The number of nitrogens with two attached hydrogens (primary N) is 1. The molecule has 1 aromatic rings. The van der Waals surface area contributed by atoms with Crippen molar-refractivity contribution in [1.82, 2.24) is 4.98 Å². The number of rotatable bonds is 2. The van der Waals surface area contributed by atoms with Crippen LogP contribution in [0.4, 0.5) is 8.78 Å². The second-order valence-electron chi connectivity index (χ2n) is 2.36. The van der Waals surface area contributed by atoms with Crippen molar-refractivity contribution in [2.75, 3.05) is 0 Å². The third kappa shape index (κ3) is 2.17. The zero-order chi connectivity index (χ0) is 10.9. The van der Waals surface area contributed by atoms with Gasteiger partial charge >= 0.3 is 0 Å². The number of hydrogen-bond acceptors (Lipinski definition) is 3. The van der Waals surface area contributed by atoms with Crippen molar-refractivity contribution in [1.29, 1.82) is 0 Å². The van der Waals surface area contributed by atoms with Crippen molar-refractivity contribution in [2.24, 2.45) is 5.14 Å². The predicted octanol–water partition coefficient (Wildman–Crippen LogP) is 1.32. The van der Waals surface area contributed by atoms with E-state index >= 15 is 0 Å². The molecule has 1 heterocycles. The molecule has 0 radical (unpaired) electrons. The molecular formula is C6H5ClF2N2O2S. The number of sulfonamides is 1. The van der Waals surface area contributed by atoms with Crippen LogP contribution in [0.1, 0.15) is 12.0 Å². The average molecular weight is 243 g/mol. The maximum absolute atomic E-state index is 12.4. The van der Waals surface area contributed by atoms with Crippen LogP contribution in [0, 0.1) is 0 Å². The molecule has 0 aromatic carbocycles. The Morgan fingerprint density at radius 1 is 1.50 bits per heavy atom. The van der Waals surface area contributed by atoms with E-state index in [2.05, 4.69) is 10.1 Å². The third-order valence-corrected chi connectivity index (χ3v) is 2.58. The number of hydrogen-bond donors (Lipinski definition) is 1. The van der Waals surface area contributed by atoms with Gasteiger partial charge in [0.05, 0.1) is 10.6 Å². The molecule has 0 aliphatic rings. The fourth-order valence-electron chi connectivity index (χ4n) is 0.856. The van der Waals surface area contributed by atoms with E-state index in [0.29, 0.717) is 0 Å². The van der Waals surface area contributed by atoms with Crippen molar-refractivity contribution in [3.05, 3.63) is 22.8 Å². The summed E-state index contributed by atoms with van der Waals surface area (Å²) in [5, 5.41) is 3.42. The van der Waals surface area contributed by atoms with Crippen LogP contribution in [0.25, 0.3) is 0 Å². The zero-order valence-corrected chi connectivity index (χ0v) is 8.19. The van der Waals surface area contributed by atoms with Gasteiger partial charge < -0.3 is 0 Å². The van der Waals surface area contributed by atoms with Gasteiger partial charge in [-0.05, 0) is 6.07 Å². The Morgan fingerprint density at radius 3 is 2.43 bits per heavy atom. The van der Waals surface area contributed by atoms with Crippen molar-refractivity contribution in [2.45, 2.75) is 11.5 Å². The summed E-state index contributed by atoms with van der Waals surface area (Å²) < 4.78 is 46.4. The van der Waals surface area contributed by atoms with E-state index in [1.807, 2.05) is 0 Å². The molecule has 1 aromatic heterocycles. The van der Waals surface area contributed by atoms with Gasteiger partial charge in [0.15, 0.2) is 5.03 Å². The predicted molar refractivity (Wildman–Crippen MR) is 45.6 cm³/mol. The first-order valence-electron chi connectivity index (χ1n) is 3.29. The number of pyridine rings is 1. The summed E-state index contributed by atoms with van der Waals surface area (Å²) in [4.78, 5) is 3.25. The van der Waals surface area contributed by atoms with Gasteiger partial charge in [0.1, 0.15) is 0 Å². The van der Waals surface area contributed by atoms with Crippen molar-refractivity contribution in [3.8, 4) is 0 Å². The standard InChI is InChI=1S/C6H5ClF2N2O2S/c7-3-1-2-11-6(14(10,12)13)4(3)5(8)9/h1-2,5H,(H2,10,12,13). The lowest BCUT2D eigenvalue weighted by molar-refractivity contribution is 0.147. The molecular weight excluding hydrogens is 238 g/mol. The Balaban J connectivity index is 3.52. The molecule has 8 heteroatoms. The lowest BCUT2D eigenvalue weighted by Gasteiger charge is -2.06. The summed E-state index contributed by atoms with van der Waals surface area (Å²) in [5.74, 6) is 0. The van der Waals surface area contributed by atoms with Gasteiger partial charge in [-0.15, -0.1) is 0 Å². The molecule has 0 saturated heterocycles. The van der Waals surface area contributed by atoms with E-state index in [1.54, 1.807) is 0 Å². The molecule has 0 unspecified atom stereocenters. The molecule has 78 valence electrons. The topological polar surface area (TPSA) is 73.1 Å². The smallest absolute Gasteiger partial charge is 0.243 e. The molecule has 0 spiro atoms. The Hall–Kier alpha value is -0.790. The van der Waals surface area contributed by atoms with Crippen molar-refractivity contribution < 1.29 is 17.2 Å². The average Bonchev–Trinajstić information content (AvgIpc) is 2.01. The normalized spacial score (nSPS) is 12.1. The second kappa shape index (κ2) is 3.76. The van der Waals surface area contributed by atoms with Crippen LogP contribution in [-0.4, -0.2) is 13.4 Å². The van der Waals surface area contributed by atoms with Crippen molar-refractivity contribution in [3.63, 3.8) is 0 Å². The van der Waals surface area contributed by atoms with Gasteiger partial charge in [-0.2, -0.15) is 0 Å². The number of halogens is 3. The van der Waals surface area contributed by atoms with Crippen LogP contribution in [0.3, 0.4) is 0 Å². The van der Waals surface area contributed by atoms with E-state index < -0.39 is 27.0 Å². The molecule has 0 amide bonds. The van der Waals surface area contributed by atoms with Crippen LogP contribution in [-0.2, 0) is 10.0 Å². The Labute approximate surface area is 83.8 Å². The first-order valence-corrected chi connectivity index (χ1v) is 5.22. The molecule has 4 nitrogen and oxygen atoms in total. The summed E-state index contributed by atoms with van der Waals surface area (Å²) in [5.41, 5.74) is -0.864. The summed E-state index contributed by atoms with van der Waals surface area (Å²) in [6, 6.07) is 1.07. The first-order chi connectivity index (χ1) is 6.34. The third-order valence-electron chi connectivity index (χ3n) is 1.39. The van der Waals surface area contributed by atoms with Crippen LogP contribution in [0.15, 0.2) is 17.3 Å². The van der Waals surface area contributed by atoms with E-state index in [4.69, 9.17) is 11.6 Å². The SMILES string of the molecule is NS(=O)(=O)c1nccc(Cl)c1C(F)F. The van der Waals surface area contributed by atoms with E-state index in [1.165, 1.54) is 0 Å². The highest BCUT2D eigenvalue weighted by atomic mass is 35.5. The maximum Gasteiger partial charge on any atom is 0.268 e. The summed E-state index contributed by atoms with van der Waals surface area (Å²) in [6.45, 7) is 0. The van der Waals surface area contributed by atoms with Gasteiger partial charge in [-0.25, -0.2) is 27.3 Å². The minimum Gasteiger partial charge on any atom is -0.243 e. The summed E-state index contributed by atoms with van der Waals surface area (Å²) in [7, 11) is -4.28. The molecule has 0 fully saturated rings. The van der Waals surface area contributed by atoms with E-state index in [-0.39, 0.29) is 5.02 Å². The molecule has 0 bridgehead atoms. The zero-order valence-electron chi connectivity index (χ0n) is 6.62. The Bertz CT molecular complexity index is 449. The van der Waals surface area contributed by atoms with E-state index in [9.17, 15) is 17.2 Å². The lowest BCUT2D eigenvalue weighted by Crippen LogP contribution is -2.16. The fourth-order valence-corrected chi connectivity index (χ4v) is 1.85. The minimum absolute atomic E-state index is 0.376. The molecule has 0 saturated carbocycles. The van der Waals surface area contributed by atoms with Gasteiger partial charge in [-0.3, -0.25) is 0 Å². The fraction of sp³-hybridized carbons (Fsp3) is 0.167.